The molecule has 0 fully saturated rings. The van der Waals surface area contributed by atoms with Crippen molar-refractivity contribution in [2.45, 2.75) is 24.1 Å². The zero-order valence-corrected chi connectivity index (χ0v) is 18.7. The Kier molecular flexibility index (Phi) is 7.22. The van der Waals surface area contributed by atoms with Crippen LogP contribution in [0, 0.1) is 6.92 Å². The maximum atomic E-state index is 12.4. The fraction of sp³-hybridized carbons (Fsp3) is 0.167. The Morgan fingerprint density at radius 3 is 1.44 bits per heavy atom. The monoisotopic (exact) mass is 472 g/mol. The summed E-state index contributed by atoms with van der Waals surface area (Å²) in [6.07, 6.45) is 2.27. The third-order valence-corrected chi connectivity index (χ3v) is 7.01. The predicted octanol–water partition coefficient (Wildman–Crippen LogP) is 3.90. The van der Waals surface area contributed by atoms with Crippen LogP contribution in [0.25, 0.3) is 0 Å². The quantitative estimate of drug-likeness (QED) is 0.438. The fourth-order valence-electron chi connectivity index (χ4n) is 3.09. The first-order chi connectivity index (χ1) is 14.4. The average Bonchev–Trinajstić information content (AvgIpc) is 2.71. The van der Waals surface area contributed by atoms with Crippen molar-refractivity contribution in [1.82, 2.24) is 0 Å². The highest BCUT2D eigenvalue weighted by Crippen LogP contribution is 2.28. The van der Waals surface area contributed by atoms with E-state index in [0.717, 1.165) is 11.8 Å². The average molecular weight is 473 g/mol. The Morgan fingerprint density at radius 1 is 0.562 bits per heavy atom. The van der Waals surface area contributed by atoms with E-state index >= 15 is 0 Å². The zero-order chi connectivity index (χ0) is 23.0. The lowest BCUT2D eigenvalue weighted by atomic mass is 9.84. The zero-order valence-electron chi connectivity index (χ0n) is 17.1. The number of fused-ring (bicyclic) bond motifs is 2. The van der Waals surface area contributed by atoms with Gasteiger partial charge in [-0.3, -0.25) is 9.59 Å². The minimum absolute atomic E-state index is 0. The molecule has 3 aromatic carbocycles. The SMILES string of the molecule is C.CS(=O)(=O)c1ccc2c(c1)C(=O)c1ccccc1C2=O.Cc1ccc(S(C)(=O)=O)cc1. The maximum Gasteiger partial charge on any atom is 0.194 e. The van der Waals surface area contributed by atoms with Crippen molar-refractivity contribution in [3.05, 3.63) is 94.5 Å². The molecule has 1 aliphatic carbocycles. The topological polar surface area (TPSA) is 102 Å². The first-order valence-corrected chi connectivity index (χ1v) is 13.0. The van der Waals surface area contributed by atoms with Gasteiger partial charge in [0.05, 0.1) is 9.79 Å². The Bertz CT molecular complexity index is 1400. The molecule has 0 heterocycles. The van der Waals surface area contributed by atoms with Crippen LogP contribution in [0.1, 0.15) is 44.8 Å². The van der Waals surface area contributed by atoms with Gasteiger partial charge in [-0.25, -0.2) is 16.8 Å². The molecule has 6 nitrogen and oxygen atoms in total. The molecule has 0 N–H and O–H groups in total. The van der Waals surface area contributed by atoms with E-state index < -0.39 is 19.7 Å². The van der Waals surface area contributed by atoms with Gasteiger partial charge in [-0.2, -0.15) is 0 Å². The largest absolute Gasteiger partial charge is 0.289 e. The lowest BCUT2D eigenvalue weighted by Crippen LogP contribution is -2.21. The molecule has 3 aromatic rings. The van der Waals surface area contributed by atoms with Crippen LogP contribution in [0.3, 0.4) is 0 Å². The van der Waals surface area contributed by atoms with E-state index in [4.69, 9.17) is 0 Å². The molecular formula is C24H24O6S2. The second kappa shape index (κ2) is 9.18. The molecular weight excluding hydrogens is 448 g/mol. The molecule has 4 rings (SSSR count). The van der Waals surface area contributed by atoms with E-state index in [2.05, 4.69) is 0 Å². The van der Waals surface area contributed by atoms with E-state index in [0.29, 0.717) is 16.0 Å². The first kappa shape index (κ1) is 25.2. The van der Waals surface area contributed by atoms with Gasteiger partial charge in [-0.05, 0) is 37.3 Å². The maximum absolute atomic E-state index is 12.4. The Labute approximate surface area is 188 Å². The van der Waals surface area contributed by atoms with Crippen molar-refractivity contribution in [3.8, 4) is 0 Å². The highest BCUT2D eigenvalue weighted by atomic mass is 32.2. The normalized spacial score (nSPS) is 12.6. The van der Waals surface area contributed by atoms with Crippen LogP contribution in [0.4, 0.5) is 0 Å². The van der Waals surface area contributed by atoms with Gasteiger partial charge >= 0.3 is 0 Å². The summed E-state index contributed by atoms with van der Waals surface area (Å²) in [5, 5.41) is 0. The summed E-state index contributed by atoms with van der Waals surface area (Å²) in [6.45, 7) is 1.92. The molecule has 0 spiro atoms. The molecule has 0 aromatic heterocycles. The highest BCUT2D eigenvalue weighted by molar-refractivity contribution is 7.91. The Hall–Kier alpha value is -3.10. The van der Waals surface area contributed by atoms with Gasteiger partial charge < -0.3 is 0 Å². The number of carbonyl (C=O) groups is 2. The smallest absolute Gasteiger partial charge is 0.194 e. The lowest BCUT2D eigenvalue weighted by molar-refractivity contribution is 0.0979. The second-order valence-corrected chi connectivity index (χ2v) is 11.3. The van der Waals surface area contributed by atoms with E-state index in [-0.39, 0.29) is 35.0 Å². The van der Waals surface area contributed by atoms with Crippen molar-refractivity contribution in [1.29, 1.82) is 0 Å². The molecule has 168 valence electrons. The number of benzene rings is 3. The fourth-order valence-corrected chi connectivity index (χ4v) is 4.37. The number of hydrogen-bond acceptors (Lipinski definition) is 6. The van der Waals surface area contributed by atoms with Crippen molar-refractivity contribution >= 4 is 31.2 Å². The number of sulfone groups is 2. The summed E-state index contributed by atoms with van der Waals surface area (Å²) in [4.78, 5) is 25.1. The van der Waals surface area contributed by atoms with Crippen molar-refractivity contribution in [2.75, 3.05) is 12.5 Å². The van der Waals surface area contributed by atoms with E-state index in [1.54, 1.807) is 48.5 Å². The number of carbonyl (C=O) groups excluding carboxylic acids is 2. The molecule has 32 heavy (non-hydrogen) atoms. The molecule has 0 atom stereocenters. The summed E-state index contributed by atoms with van der Waals surface area (Å²) in [6, 6.07) is 17.4. The number of hydrogen-bond donors (Lipinski definition) is 0. The third kappa shape index (κ3) is 5.20. The number of rotatable bonds is 2. The summed E-state index contributed by atoms with van der Waals surface area (Å²) in [7, 11) is -6.44. The molecule has 0 radical (unpaired) electrons. The van der Waals surface area contributed by atoms with E-state index in [9.17, 15) is 26.4 Å². The van der Waals surface area contributed by atoms with Crippen molar-refractivity contribution in [3.63, 3.8) is 0 Å². The van der Waals surface area contributed by atoms with Crippen LogP contribution in [-0.4, -0.2) is 40.9 Å². The third-order valence-electron chi connectivity index (χ3n) is 4.77. The molecule has 0 unspecified atom stereocenters. The standard InChI is InChI=1S/C15H10O4S.C8H10O2S.CH4/c1-20(18,19)9-6-7-12-13(8-9)15(17)11-5-3-2-4-10(11)14(12)16;1-7-3-5-8(6-4-7)11(2,9)10;/h2-8H,1H3;3-6H,1-2H3;1H4. The van der Waals surface area contributed by atoms with Gasteiger partial charge in [-0.1, -0.05) is 49.4 Å². The molecule has 0 bridgehead atoms. The summed E-state index contributed by atoms with van der Waals surface area (Å²) in [5.41, 5.74) is 2.14. The number of ketones is 2. The van der Waals surface area contributed by atoms with Crippen LogP contribution >= 0.6 is 0 Å². The summed E-state index contributed by atoms with van der Waals surface area (Å²) in [5.74, 6) is -0.573. The van der Waals surface area contributed by atoms with Gasteiger partial charge in [0, 0.05) is 34.8 Å². The van der Waals surface area contributed by atoms with Gasteiger partial charge in [-0.15, -0.1) is 0 Å². The highest BCUT2D eigenvalue weighted by Gasteiger charge is 2.30. The van der Waals surface area contributed by atoms with Crippen LogP contribution in [0.2, 0.25) is 0 Å². The first-order valence-electron chi connectivity index (χ1n) is 9.19. The van der Waals surface area contributed by atoms with Crippen molar-refractivity contribution < 1.29 is 26.4 Å². The lowest BCUT2D eigenvalue weighted by Gasteiger charge is -2.17. The minimum Gasteiger partial charge on any atom is -0.289 e. The van der Waals surface area contributed by atoms with Crippen LogP contribution in [0.15, 0.2) is 76.5 Å². The molecule has 1 aliphatic rings. The van der Waals surface area contributed by atoms with Crippen LogP contribution < -0.4 is 0 Å². The minimum atomic E-state index is -3.42. The Morgan fingerprint density at radius 2 is 0.969 bits per heavy atom. The molecule has 0 amide bonds. The number of aryl methyl sites for hydroxylation is 1. The van der Waals surface area contributed by atoms with Crippen molar-refractivity contribution in [2.24, 2.45) is 0 Å². The molecule has 0 aliphatic heterocycles. The summed E-state index contributed by atoms with van der Waals surface area (Å²) >= 11 is 0. The van der Waals surface area contributed by atoms with Gasteiger partial charge in [0.2, 0.25) is 0 Å². The predicted molar refractivity (Wildman–Crippen MR) is 124 cm³/mol. The van der Waals surface area contributed by atoms with E-state index in [1.807, 2.05) is 6.92 Å². The van der Waals surface area contributed by atoms with Crippen LogP contribution in [-0.2, 0) is 19.7 Å². The molecule has 0 saturated carbocycles. The molecule has 0 saturated heterocycles. The second-order valence-electron chi connectivity index (χ2n) is 7.27. The van der Waals surface area contributed by atoms with Gasteiger partial charge in [0.1, 0.15) is 0 Å². The molecule has 8 heteroatoms. The Balaban J connectivity index is 0.000000259. The van der Waals surface area contributed by atoms with E-state index in [1.165, 1.54) is 24.5 Å². The summed E-state index contributed by atoms with van der Waals surface area (Å²) < 4.78 is 45.0. The van der Waals surface area contributed by atoms with Gasteiger partial charge in [0.15, 0.2) is 31.2 Å². The van der Waals surface area contributed by atoms with Gasteiger partial charge in [0.25, 0.3) is 0 Å². The van der Waals surface area contributed by atoms with Crippen LogP contribution in [0.5, 0.6) is 0 Å².